The summed E-state index contributed by atoms with van der Waals surface area (Å²) in [6.45, 7) is 0. The maximum atomic E-state index is 15.5. The van der Waals surface area contributed by atoms with Crippen molar-refractivity contribution in [2.24, 2.45) is 23.7 Å². The molecule has 2 saturated heterocycles. The smallest absolute Gasteiger partial charge is 0.260 e. The molecule has 5 aromatic carbocycles. The van der Waals surface area contributed by atoms with Crippen LogP contribution in [0, 0.1) is 23.7 Å². The Morgan fingerprint density at radius 3 is 2.19 bits per heavy atom. The number of carbonyl (C=O) groups excluding carboxylic acids is 4. The molecule has 0 bridgehead atoms. The number of hydrogen-bond acceptors (Lipinski definition) is 9. The van der Waals surface area contributed by atoms with Gasteiger partial charge in [-0.25, -0.2) is 0 Å². The molecule has 5 aromatic rings. The summed E-state index contributed by atoms with van der Waals surface area (Å²) in [6.07, 6.45) is 2.31. The van der Waals surface area contributed by atoms with E-state index in [0.29, 0.717) is 27.6 Å². The minimum atomic E-state index is -1.57. The Hall–Kier alpha value is -6.30. The number of amides is 4. The average Bonchev–Trinajstić information content (AvgIpc) is 3.63. The van der Waals surface area contributed by atoms with Crippen molar-refractivity contribution >= 4 is 69.6 Å². The van der Waals surface area contributed by atoms with Crippen molar-refractivity contribution in [1.29, 1.82) is 0 Å². The molecule has 2 aliphatic carbocycles. The first-order valence-corrected chi connectivity index (χ1v) is 19.9. The number of allylic oxidation sites excluding steroid dienone is 2. The second-order valence-corrected chi connectivity index (χ2v) is 16.0. The molecule has 0 radical (unpaired) electrons. The lowest BCUT2D eigenvalue weighted by atomic mass is 9.49. The molecule has 1 saturated carbocycles. The van der Waals surface area contributed by atoms with Gasteiger partial charge in [-0.2, -0.15) is 5.01 Å². The Bertz CT molecular complexity index is 2550. The minimum Gasteiger partial charge on any atom is -0.504 e. The van der Waals surface area contributed by atoms with Crippen LogP contribution in [0.25, 0.3) is 0 Å². The summed E-state index contributed by atoms with van der Waals surface area (Å²) < 4.78 is 11.1. The fraction of sp³-hybridized carbons (Fsp3) is 0.217. The average molecular weight is 830 g/mol. The van der Waals surface area contributed by atoms with Crippen molar-refractivity contribution in [2.75, 3.05) is 29.9 Å². The maximum Gasteiger partial charge on any atom is 0.260 e. The van der Waals surface area contributed by atoms with Crippen molar-refractivity contribution < 1.29 is 33.8 Å². The van der Waals surface area contributed by atoms with Gasteiger partial charge < -0.3 is 19.9 Å². The topological polar surface area (TPSA) is 138 Å². The first-order valence-electron chi connectivity index (χ1n) is 19.2. The van der Waals surface area contributed by atoms with Gasteiger partial charge in [-0.05, 0) is 109 Å². The number of nitrogens with one attached hydrogen (secondary N) is 2. The Morgan fingerprint density at radius 2 is 1.49 bits per heavy atom. The molecule has 3 N–H and O–H groups in total. The van der Waals surface area contributed by atoms with Gasteiger partial charge in [-0.1, -0.05) is 71.2 Å². The summed E-state index contributed by atoms with van der Waals surface area (Å²) >= 11 is 12.8. The number of hydrogen-bond donors (Lipinski definition) is 3. The molecule has 0 unspecified atom stereocenters. The molecule has 4 aliphatic rings. The van der Waals surface area contributed by atoms with E-state index in [1.807, 2.05) is 48.5 Å². The van der Waals surface area contributed by atoms with E-state index in [2.05, 4.69) is 10.7 Å². The van der Waals surface area contributed by atoms with Crippen molar-refractivity contribution in [3.63, 3.8) is 0 Å². The number of phenols is 1. The van der Waals surface area contributed by atoms with Crippen molar-refractivity contribution in [1.82, 2.24) is 5.01 Å². The highest BCUT2D eigenvalue weighted by molar-refractivity contribution is 6.36. The summed E-state index contributed by atoms with van der Waals surface area (Å²) in [6, 6.07) is 33.4. The molecule has 13 heteroatoms. The number of anilines is 4. The summed E-state index contributed by atoms with van der Waals surface area (Å²) in [5.74, 6) is -5.10. The number of aromatic hydroxyl groups is 1. The number of rotatable bonds is 9. The summed E-state index contributed by atoms with van der Waals surface area (Å²) in [5, 5.41) is 15.7. The highest BCUT2D eigenvalue weighted by atomic mass is 35.5. The Morgan fingerprint density at radius 1 is 0.763 bits per heavy atom. The number of halogens is 2. The van der Waals surface area contributed by atoms with E-state index in [4.69, 9.17) is 32.7 Å². The molecule has 0 spiro atoms. The standard InChI is InChI=1S/C46H38Cl2N4O7/c1-58-31-16-9-26(10-17-31)46-35(43(55)52(45(46)57)50-37-20-11-27(47)23-36(37)48)24-34-32(41(46)25-8-21-38(53)39(22-25)59-2)18-19-33-40(34)44(56)51(42(33)54)30-14-12-29(13-15-30)49-28-6-4-3-5-7-28/h3-18,20-23,33-35,40-41,49-50,53H,19,24H2,1-2H3/t33-,34+,35-,40-,41-,46+/m0/s1. The van der Waals surface area contributed by atoms with Gasteiger partial charge in [-0.15, -0.1) is 0 Å². The SMILES string of the molecule is COc1ccc([C@@]23C(=O)N(Nc4ccc(Cl)cc4Cl)C(=O)[C@@H]2C[C@@H]2C(=CC[C@@H]4C(=O)N(c5ccc(Nc6ccccc6)cc5)C(=O)[C@@H]42)[C@@H]3c2ccc(O)c(OC)c2)cc1. The van der Waals surface area contributed by atoms with Crippen molar-refractivity contribution in [3.8, 4) is 17.2 Å². The number of hydrazine groups is 1. The summed E-state index contributed by atoms with van der Waals surface area (Å²) in [7, 11) is 2.98. The van der Waals surface area contributed by atoms with Crippen LogP contribution < -0.4 is 25.1 Å². The van der Waals surface area contributed by atoms with Gasteiger partial charge in [0.2, 0.25) is 11.8 Å². The van der Waals surface area contributed by atoms with Gasteiger partial charge in [0.15, 0.2) is 11.5 Å². The normalized spacial score (nSPS) is 24.6. The fourth-order valence-electron chi connectivity index (χ4n) is 9.73. The molecular weight excluding hydrogens is 791 g/mol. The van der Waals surface area contributed by atoms with E-state index in [1.54, 1.807) is 67.8 Å². The first kappa shape index (κ1) is 38.2. The predicted molar refractivity (Wildman–Crippen MR) is 224 cm³/mol. The lowest BCUT2D eigenvalue weighted by Gasteiger charge is -2.50. The molecule has 3 fully saturated rings. The monoisotopic (exact) mass is 828 g/mol. The number of benzene rings is 5. The third kappa shape index (κ3) is 6.10. The van der Waals surface area contributed by atoms with Crippen molar-refractivity contribution in [2.45, 2.75) is 24.2 Å². The number of imide groups is 2. The number of nitrogens with zero attached hydrogens (tertiary/aromatic N) is 2. The fourth-order valence-corrected chi connectivity index (χ4v) is 10.2. The van der Waals surface area contributed by atoms with Crippen LogP contribution in [0.15, 0.2) is 127 Å². The quantitative estimate of drug-likeness (QED) is 0.0985. The van der Waals surface area contributed by atoms with E-state index in [0.717, 1.165) is 22.0 Å². The number of carbonyl (C=O) groups is 4. The number of methoxy groups -OCH3 is 2. The van der Waals surface area contributed by atoms with Gasteiger partial charge in [-0.3, -0.25) is 29.5 Å². The Kier molecular flexibility index (Phi) is 9.60. The Balaban J connectivity index is 1.17. The summed E-state index contributed by atoms with van der Waals surface area (Å²) in [4.78, 5) is 60.9. The van der Waals surface area contributed by atoms with Gasteiger partial charge in [0.25, 0.3) is 11.8 Å². The Labute approximate surface area is 350 Å². The lowest BCUT2D eigenvalue weighted by molar-refractivity contribution is -0.138. The minimum absolute atomic E-state index is 0.0919. The molecule has 298 valence electrons. The number of phenolic OH excluding ortho intramolecular Hbond substituents is 1. The molecule has 2 aliphatic heterocycles. The number of para-hydroxylation sites is 1. The largest absolute Gasteiger partial charge is 0.504 e. The van der Waals surface area contributed by atoms with E-state index in [9.17, 15) is 14.7 Å². The molecule has 0 aromatic heterocycles. The van der Waals surface area contributed by atoms with Crippen LogP contribution in [0.4, 0.5) is 22.7 Å². The maximum absolute atomic E-state index is 15.5. The van der Waals surface area contributed by atoms with E-state index < -0.39 is 46.8 Å². The molecular formula is C46H38Cl2N4O7. The zero-order valence-electron chi connectivity index (χ0n) is 31.9. The second-order valence-electron chi connectivity index (χ2n) is 15.2. The molecule has 9 rings (SSSR count). The zero-order chi connectivity index (χ0) is 41.2. The van der Waals surface area contributed by atoms with Gasteiger partial charge in [0.05, 0.1) is 53.8 Å². The van der Waals surface area contributed by atoms with E-state index >= 15 is 9.59 Å². The van der Waals surface area contributed by atoms with Gasteiger partial charge in [0, 0.05) is 22.3 Å². The lowest BCUT2D eigenvalue weighted by Crippen LogP contribution is -2.53. The summed E-state index contributed by atoms with van der Waals surface area (Å²) in [5.41, 5.74) is 5.74. The predicted octanol–water partition coefficient (Wildman–Crippen LogP) is 8.65. The zero-order valence-corrected chi connectivity index (χ0v) is 33.4. The number of ether oxygens (including phenoxy) is 2. The van der Waals surface area contributed by atoms with E-state index in [1.165, 1.54) is 24.1 Å². The second kappa shape index (κ2) is 14.8. The third-order valence-electron chi connectivity index (χ3n) is 12.3. The third-order valence-corrected chi connectivity index (χ3v) is 12.9. The first-order chi connectivity index (χ1) is 28.5. The van der Waals surface area contributed by atoms with Crippen LogP contribution in [-0.2, 0) is 24.6 Å². The van der Waals surface area contributed by atoms with Crippen LogP contribution in [-0.4, -0.2) is 48.0 Å². The number of fused-ring (bicyclic) bond motifs is 4. The van der Waals surface area contributed by atoms with Gasteiger partial charge in [0.1, 0.15) is 5.75 Å². The molecule has 6 atom stereocenters. The highest BCUT2D eigenvalue weighted by Gasteiger charge is 2.70. The van der Waals surface area contributed by atoms with Crippen molar-refractivity contribution in [3.05, 3.63) is 148 Å². The van der Waals surface area contributed by atoms with Crippen LogP contribution in [0.3, 0.4) is 0 Å². The molecule has 11 nitrogen and oxygen atoms in total. The van der Waals surface area contributed by atoms with Crippen LogP contribution in [0.5, 0.6) is 17.2 Å². The van der Waals surface area contributed by atoms with Crippen LogP contribution in [0.2, 0.25) is 10.0 Å². The highest BCUT2D eigenvalue weighted by Crippen LogP contribution is 2.64. The van der Waals surface area contributed by atoms with E-state index in [-0.39, 0.29) is 46.9 Å². The molecule has 2 heterocycles. The molecule has 59 heavy (non-hydrogen) atoms. The molecule has 4 amide bonds. The van der Waals surface area contributed by atoms with Crippen LogP contribution >= 0.6 is 23.2 Å². The van der Waals surface area contributed by atoms with Gasteiger partial charge >= 0.3 is 0 Å². The van der Waals surface area contributed by atoms with Crippen LogP contribution in [0.1, 0.15) is 29.9 Å².